The predicted molar refractivity (Wildman–Crippen MR) is 82.7 cm³/mol. The molecule has 0 aromatic heterocycles. The second-order valence-corrected chi connectivity index (χ2v) is 6.03. The first kappa shape index (κ1) is 16.3. The Morgan fingerprint density at radius 2 is 2.05 bits per heavy atom. The standard InChI is InChI=1S/C17H23NO4/c1-11-7-8-15(19)13(9-11)17(21)22-10-16(20)18-14-6-4-3-5-12(14)2/h7-9,12,14,19H,3-6,10H2,1-2H3,(H,18,20)/t12-,14-/m1/s1. The lowest BCUT2D eigenvalue weighted by Gasteiger charge is -2.29. The van der Waals surface area contributed by atoms with Crippen molar-refractivity contribution in [1.29, 1.82) is 0 Å². The fraction of sp³-hybridized carbons (Fsp3) is 0.529. The number of aromatic hydroxyl groups is 1. The van der Waals surface area contributed by atoms with Crippen molar-refractivity contribution < 1.29 is 19.4 Å². The Morgan fingerprint density at radius 1 is 1.32 bits per heavy atom. The molecule has 0 saturated heterocycles. The van der Waals surface area contributed by atoms with Crippen molar-refractivity contribution in [1.82, 2.24) is 5.32 Å². The first-order chi connectivity index (χ1) is 10.5. The Balaban J connectivity index is 1.85. The summed E-state index contributed by atoms with van der Waals surface area (Å²) in [6, 6.07) is 4.84. The molecule has 0 unspecified atom stereocenters. The van der Waals surface area contributed by atoms with Crippen LogP contribution in [0.3, 0.4) is 0 Å². The van der Waals surface area contributed by atoms with Gasteiger partial charge in [-0.3, -0.25) is 4.79 Å². The normalized spacial score (nSPS) is 21.2. The Morgan fingerprint density at radius 3 is 2.77 bits per heavy atom. The molecule has 22 heavy (non-hydrogen) atoms. The topological polar surface area (TPSA) is 75.6 Å². The smallest absolute Gasteiger partial charge is 0.342 e. The number of rotatable bonds is 4. The highest BCUT2D eigenvalue weighted by atomic mass is 16.5. The average molecular weight is 305 g/mol. The zero-order chi connectivity index (χ0) is 16.1. The van der Waals surface area contributed by atoms with Crippen LogP contribution in [0.2, 0.25) is 0 Å². The molecule has 5 nitrogen and oxygen atoms in total. The van der Waals surface area contributed by atoms with Gasteiger partial charge in [-0.15, -0.1) is 0 Å². The van der Waals surface area contributed by atoms with Crippen LogP contribution in [0.15, 0.2) is 18.2 Å². The summed E-state index contributed by atoms with van der Waals surface area (Å²) in [6.07, 6.45) is 4.41. The van der Waals surface area contributed by atoms with E-state index in [1.807, 2.05) is 6.92 Å². The van der Waals surface area contributed by atoms with Gasteiger partial charge in [0.25, 0.3) is 5.91 Å². The van der Waals surface area contributed by atoms with E-state index in [1.54, 1.807) is 12.1 Å². The molecule has 1 saturated carbocycles. The van der Waals surface area contributed by atoms with E-state index in [2.05, 4.69) is 12.2 Å². The third-order valence-corrected chi connectivity index (χ3v) is 4.16. The number of phenols is 1. The molecule has 0 heterocycles. The van der Waals surface area contributed by atoms with Gasteiger partial charge < -0.3 is 15.2 Å². The van der Waals surface area contributed by atoms with Crippen LogP contribution in [0.25, 0.3) is 0 Å². The summed E-state index contributed by atoms with van der Waals surface area (Å²) in [5.74, 6) is -0.668. The van der Waals surface area contributed by atoms with Gasteiger partial charge in [-0.2, -0.15) is 0 Å². The summed E-state index contributed by atoms with van der Waals surface area (Å²) in [4.78, 5) is 23.8. The van der Waals surface area contributed by atoms with E-state index in [4.69, 9.17) is 4.74 Å². The molecule has 5 heteroatoms. The van der Waals surface area contributed by atoms with Gasteiger partial charge in [0.05, 0.1) is 0 Å². The van der Waals surface area contributed by atoms with E-state index in [9.17, 15) is 14.7 Å². The number of aryl methyl sites for hydroxylation is 1. The number of esters is 1. The minimum Gasteiger partial charge on any atom is -0.507 e. The molecule has 2 atom stereocenters. The largest absolute Gasteiger partial charge is 0.507 e. The van der Waals surface area contributed by atoms with Gasteiger partial charge in [0.1, 0.15) is 11.3 Å². The van der Waals surface area contributed by atoms with Crippen molar-refractivity contribution >= 4 is 11.9 Å². The summed E-state index contributed by atoms with van der Waals surface area (Å²) in [6.45, 7) is 3.61. The molecule has 0 radical (unpaired) electrons. The van der Waals surface area contributed by atoms with Crippen molar-refractivity contribution in [3.63, 3.8) is 0 Å². The first-order valence-corrected chi connectivity index (χ1v) is 7.73. The number of carbonyl (C=O) groups is 2. The van der Waals surface area contributed by atoms with Crippen LogP contribution in [-0.2, 0) is 9.53 Å². The maximum atomic E-state index is 11.9. The van der Waals surface area contributed by atoms with Crippen LogP contribution in [0, 0.1) is 12.8 Å². The monoisotopic (exact) mass is 305 g/mol. The van der Waals surface area contributed by atoms with E-state index in [0.29, 0.717) is 5.92 Å². The van der Waals surface area contributed by atoms with Crippen molar-refractivity contribution in [2.24, 2.45) is 5.92 Å². The molecule has 120 valence electrons. The highest BCUT2D eigenvalue weighted by Gasteiger charge is 2.23. The maximum Gasteiger partial charge on any atom is 0.342 e. The van der Waals surface area contributed by atoms with Crippen LogP contribution in [0.4, 0.5) is 0 Å². The van der Waals surface area contributed by atoms with E-state index >= 15 is 0 Å². The summed E-state index contributed by atoms with van der Waals surface area (Å²) in [7, 11) is 0. The number of benzene rings is 1. The number of hydrogen-bond donors (Lipinski definition) is 2. The fourth-order valence-corrected chi connectivity index (χ4v) is 2.80. The maximum absolute atomic E-state index is 11.9. The van der Waals surface area contributed by atoms with Crippen molar-refractivity contribution in [3.8, 4) is 5.75 Å². The van der Waals surface area contributed by atoms with Gasteiger partial charge in [0, 0.05) is 6.04 Å². The van der Waals surface area contributed by atoms with Gasteiger partial charge in [0.2, 0.25) is 0 Å². The minimum absolute atomic E-state index is 0.0823. The molecule has 0 spiro atoms. The third-order valence-electron chi connectivity index (χ3n) is 4.16. The highest BCUT2D eigenvalue weighted by Crippen LogP contribution is 2.23. The van der Waals surface area contributed by atoms with Crippen molar-refractivity contribution in [2.45, 2.75) is 45.6 Å². The van der Waals surface area contributed by atoms with Crippen LogP contribution in [0.1, 0.15) is 48.5 Å². The van der Waals surface area contributed by atoms with Gasteiger partial charge in [-0.05, 0) is 37.8 Å². The second kappa shape index (κ2) is 7.29. The molecule has 1 amide bonds. The lowest BCUT2D eigenvalue weighted by Crippen LogP contribution is -2.42. The average Bonchev–Trinajstić information content (AvgIpc) is 2.49. The van der Waals surface area contributed by atoms with E-state index < -0.39 is 5.97 Å². The van der Waals surface area contributed by atoms with E-state index in [0.717, 1.165) is 24.8 Å². The van der Waals surface area contributed by atoms with Gasteiger partial charge >= 0.3 is 5.97 Å². The molecular weight excluding hydrogens is 282 g/mol. The van der Waals surface area contributed by atoms with Gasteiger partial charge in [-0.25, -0.2) is 4.79 Å². The van der Waals surface area contributed by atoms with Crippen molar-refractivity contribution in [2.75, 3.05) is 6.61 Å². The Bertz CT molecular complexity index is 556. The van der Waals surface area contributed by atoms with Gasteiger partial charge in [-0.1, -0.05) is 31.4 Å². The Kier molecular flexibility index (Phi) is 5.41. The molecule has 0 bridgehead atoms. The van der Waals surface area contributed by atoms with Crippen LogP contribution < -0.4 is 5.32 Å². The molecule has 0 aliphatic heterocycles. The summed E-state index contributed by atoms with van der Waals surface area (Å²) in [5, 5.41) is 12.6. The molecule has 2 rings (SSSR count). The van der Waals surface area contributed by atoms with Gasteiger partial charge in [0.15, 0.2) is 6.61 Å². The van der Waals surface area contributed by atoms with Crippen LogP contribution in [0.5, 0.6) is 5.75 Å². The molecule has 1 fully saturated rings. The number of ether oxygens (including phenoxy) is 1. The summed E-state index contributed by atoms with van der Waals surface area (Å²) < 4.78 is 4.99. The number of amides is 1. The molecule has 1 aliphatic rings. The lowest BCUT2D eigenvalue weighted by atomic mass is 9.86. The third kappa shape index (κ3) is 4.23. The lowest BCUT2D eigenvalue weighted by molar-refractivity contribution is -0.125. The molecule has 2 N–H and O–H groups in total. The molecule has 1 aromatic rings. The van der Waals surface area contributed by atoms with Crippen molar-refractivity contribution in [3.05, 3.63) is 29.3 Å². The zero-order valence-electron chi connectivity index (χ0n) is 13.1. The summed E-state index contributed by atoms with van der Waals surface area (Å²) in [5.41, 5.74) is 0.920. The second-order valence-electron chi connectivity index (χ2n) is 6.03. The zero-order valence-corrected chi connectivity index (χ0v) is 13.1. The Hall–Kier alpha value is -2.04. The Labute approximate surface area is 130 Å². The number of nitrogens with one attached hydrogen (secondary N) is 1. The first-order valence-electron chi connectivity index (χ1n) is 7.73. The summed E-state index contributed by atoms with van der Waals surface area (Å²) >= 11 is 0. The fourth-order valence-electron chi connectivity index (χ4n) is 2.80. The molecule has 1 aromatic carbocycles. The van der Waals surface area contributed by atoms with Crippen LogP contribution >= 0.6 is 0 Å². The predicted octanol–water partition coefficient (Wildman–Crippen LogP) is 2.55. The number of phenolic OH excluding ortho intramolecular Hbond substituents is 1. The number of hydrogen-bond acceptors (Lipinski definition) is 4. The quantitative estimate of drug-likeness (QED) is 0.838. The minimum atomic E-state index is -0.687. The van der Waals surface area contributed by atoms with Crippen LogP contribution in [-0.4, -0.2) is 29.6 Å². The van der Waals surface area contributed by atoms with E-state index in [1.165, 1.54) is 12.5 Å². The SMILES string of the molecule is Cc1ccc(O)c(C(=O)OCC(=O)N[C@@H]2CCCC[C@H]2C)c1. The number of carbonyl (C=O) groups excluding carboxylic acids is 2. The molecule has 1 aliphatic carbocycles. The molecular formula is C17H23NO4. The highest BCUT2D eigenvalue weighted by molar-refractivity contribution is 5.94. The van der Waals surface area contributed by atoms with E-state index in [-0.39, 0.29) is 29.9 Å².